The molecule has 2 saturated heterocycles. The Morgan fingerprint density at radius 3 is 2.73 bits per heavy atom. The van der Waals surface area contributed by atoms with Gasteiger partial charge in [-0.3, -0.25) is 9.59 Å². The summed E-state index contributed by atoms with van der Waals surface area (Å²) >= 11 is 1.70. The maximum absolute atomic E-state index is 12.2. The second-order valence-electron chi connectivity index (χ2n) is 5.94. The Balaban J connectivity index is 1.62. The van der Waals surface area contributed by atoms with Crippen molar-refractivity contribution in [3.63, 3.8) is 0 Å². The van der Waals surface area contributed by atoms with Crippen molar-refractivity contribution in [2.75, 3.05) is 25.4 Å². The van der Waals surface area contributed by atoms with Crippen molar-refractivity contribution in [2.24, 2.45) is 0 Å². The molecule has 0 saturated carbocycles. The van der Waals surface area contributed by atoms with Gasteiger partial charge < -0.3 is 9.80 Å². The standard InChI is InChI=1S/C17H22N2O2S/c1-13-6-2-3-7-14(13)17-19(16(21)12-22-17)11-5-10-18-9-4-8-15(18)20/h2-3,6-7,17H,4-5,8-12H2,1H3. The van der Waals surface area contributed by atoms with Gasteiger partial charge in [0.1, 0.15) is 5.37 Å². The van der Waals surface area contributed by atoms with Crippen LogP contribution in [0, 0.1) is 6.92 Å². The molecule has 0 aliphatic carbocycles. The van der Waals surface area contributed by atoms with Gasteiger partial charge in [-0.2, -0.15) is 0 Å². The molecule has 5 heteroatoms. The molecule has 118 valence electrons. The number of carbonyl (C=O) groups is 2. The lowest BCUT2D eigenvalue weighted by molar-refractivity contribution is -0.128. The molecule has 1 atom stereocenters. The Hall–Kier alpha value is -1.49. The van der Waals surface area contributed by atoms with Crippen LogP contribution < -0.4 is 0 Å². The quantitative estimate of drug-likeness (QED) is 0.838. The highest BCUT2D eigenvalue weighted by Crippen LogP contribution is 2.39. The number of rotatable bonds is 5. The van der Waals surface area contributed by atoms with E-state index in [2.05, 4.69) is 19.1 Å². The molecule has 2 aliphatic rings. The van der Waals surface area contributed by atoms with Gasteiger partial charge >= 0.3 is 0 Å². The fourth-order valence-corrected chi connectivity index (χ4v) is 4.50. The number of amides is 2. The summed E-state index contributed by atoms with van der Waals surface area (Å²) in [4.78, 5) is 27.7. The topological polar surface area (TPSA) is 40.6 Å². The molecule has 1 aromatic carbocycles. The highest BCUT2D eigenvalue weighted by atomic mass is 32.2. The SMILES string of the molecule is Cc1ccccc1C1SCC(=O)N1CCCN1CCCC1=O. The summed E-state index contributed by atoms with van der Waals surface area (Å²) in [5, 5.41) is 0.128. The zero-order valence-corrected chi connectivity index (χ0v) is 13.8. The van der Waals surface area contributed by atoms with Crippen LogP contribution in [0.25, 0.3) is 0 Å². The van der Waals surface area contributed by atoms with Crippen molar-refractivity contribution in [3.8, 4) is 0 Å². The third-order valence-corrected chi connectivity index (χ3v) is 5.66. The van der Waals surface area contributed by atoms with Crippen molar-refractivity contribution in [3.05, 3.63) is 35.4 Å². The largest absolute Gasteiger partial charge is 0.343 e. The minimum absolute atomic E-state index is 0.128. The first kappa shape index (κ1) is 15.4. The van der Waals surface area contributed by atoms with E-state index in [1.807, 2.05) is 21.9 Å². The van der Waals surface area contributed by atoms with Gasteiger partial charge in [-0.1, -0.05) is 24.3 Å². The van der Waals surface area contributed by atoms with E-state index in [0.29, 0.717) is 12.2 Å². The van der Waals surface area contributed by atoms with Crippen LogP contribution in [0.4, 0.5) is 0 Å². The van der Waals surface area contributed by atoms with E-state index < -0.39 is 0 Å². The van der Waals surface area contributed by atoms with Gasteiger partial charge in [-0.15, -0.1) is 11.8 Å². The first-order chi connectivity index (χ1) is 10.7. The van der Waals surface area contributed by atoms with Crippen molar-refractivity contribution in [1.82, 2.24) is 9.80 Å². The zero-order chi connectivity index (χ0) is 15.5. The molecule has 0 radical (unpaired) electrons. The number of hydrogen-bond donors (Lipinski definition) is 0. The van der Waals surface area contributed by atoms with Crippen LogP contribution in [0.15, 0.2) is 24.3 Å². The summed E-state index contributed by atoms with van der Waals surface area (Å²) in [5.41, 5.74) is 2.46. The predicted octanol–water partition coefficient (Wildman–Crippen LogP) is 2.58. The maximum Gasteiger partial charge on any atom is 0.233 e. The third kappa shape index (κ3) is 3.14. The molecule has 1 unspecified atom stereocenters. The van der Waals surface area contributed by atoms with Crippen LogP contribution in [-0.2, 0) is 9.59 Å². The summed E-state index contributed by atoms with van der Waals surface area (Å²) in [6.07, 6.45) is 2.52. The summed E-state index contributed by atoms with van der Waals surface area (Å²) < 4.78 is 0. The number of benzene rings is 1. The summed E-state index contributed by atoms with van der Waals surface area (Å²) in [7, 11) is 0. The molecule has 3 rings (SSSR count). The smallest absolute Gasteiger partial charge is 0.233 e. The van der Waals surface area contributed by atoms with Crippen LogP contribution in [0.3, 0.4) is 0 Å². The van der Waals surface area contributed by atoms with Crippen LogP contribution in [-0.4, -0.2) is 47.0 Å². The maximum atomic E-state index is 12.2. The number of likely N-dealkylation sites (tertiary alicyclic amines) is 1. The Morgan fingerprint density at radius 2 is 2.00 bits per heavy atom. The Bertz CT molecular complexity index is 576. The average molecular weight is 318 g/mol. The zero-order valence-electron chi connectivity index (χ0n) is 13.0. The molecule has 2 amide bonds. The molecular formula is C17H22N2O2S. The minimum atomic E-state index is 0.128. The molecule has 4 nitrogen and oxygen atoms in total. The van der Waals surface area contributed by atoms with Crippen LogP contribution >= 0.6 is 11.8 Å². The van der Waals surface area contributed by atoms with Gasteiger partial charge in [0.25, 0.3) is 0 Å². The highest BCUT2D eigenvalue weighted by Gasteiger charge is 2.33. The minimum Gasteiger partial charge on any atom is -0.343 e. The first-order valence-corrected chi connectivity index (χ1v) is 8.96. The lowest BCUT2D eigenvalue weighted by Crippen LogP contribution is -2.33. The van der Waals surface area contributed by atoms with Crippen LogP contribution in [0.5, 0.6) is 0 Å². The summed E-state index contributed by atoms with van der Waals surface area (Å²) in [5.74, 6) is 1.03. The normalized spacial score (nSPS) is 22.0. The van der Waals surface area contributed by atoms with Crippen molar-refractivity contribution in [1.29, 1.82) is 0 Å². The second kappa shape index (κ2) is 6.73. The lowest BCUT2D eigenvalue weighted by atomic mass is 10.1. The molecule has 0 bridgehead atoms. The van der Waals surface area contributed by atoms with E-state index in [9.17, 15) is 9.59 Å². The Morgan fingerprint density at radius 1 is 1.18 bits per heavy atom. The monoisotopic (exact) mass is 318 g/mol. The highest BCUT2D eigenvalue weighted by molar-refractivity contribution is 8.00. The molecular weight excluding hydrogens is 296 g/mol. The Labute approximate surface area is 135 Å². The van der Waals surface area contributed by atoms with E-state index in [4.69, 9.17) is 0 Å². The van der Waals surface area contributed by atoms with Gasteiger partial charge in [-0.05, 0) is 30.9 Å². The van der Waals surface area contributed by atoms with Crippen LogP contribution in [0.1, 0.15) is 35.8 Å². The molecule has 0 N–H and O–H groups in total. The molecule has 22 heavy (non-hydrogen) atoms. The van der Waals surface area contributed by atoms with E-state index in [-0.39, 0.29) is 17.2 Å². The van der Waals surface area contributed by atoms with E-state index in [0.717, 1.165) is 32.5 Å². The second-order valence-corrected chi connectivity index (χ2v) is 7.01. The van der Waals surface area contributed by atoms with Crippen molar-refractivity contribution < 1.29 is 9.59 Å². The van der Waals surface area contributed by atoms with E-state index >= 15 is 0 Å². The van der Waals surface area contributed by atoms with Gasteiger partial charge in [0.15, 0.2) is 0 Å². The number of nitrogens with zero attached hydrogens (tertiary/aromatic N) is 2. The molecule has 0 aromatic heterocycles. The van der Waals surface area contributed by atoms with Crippen molar-refractivity contribution >= 4 is 23.6 Å². The lowest BCUT2D eigenvalue weighted by Gasteiger charge is -2.26. The fraction of sp³-hybridized carbons (Fsp3) is 0.529. The molecule has 0 spiro atoms. The van der Waals surface area contributed by atoms with Gasteiger partial charge in [0, 0.05) is 26.1 Å². The van der Waals surface area contributed by atoms with Crippen molar-refractivity contribution in [2.45, 2.75) is 31.6 Å². The predicted molar refractivity (Wildman–Crippen MR) is 88.5 cm³/mol. The van der Waals surface area contributed by atoms with E-state index in [1.165, 1.54) is 11.1 Å². The average Bonchev–Trinajstić information content (AvgIpc) is 3.07. The van der Waals surface area contributed by atoms with Gasteiger partial charge in [0.2, 0.25) is 11.8 Å². The number of hydrogen-bond acceptors (Lipinski definition) is 3. The fourth-order valence-electron chi connectivity index (χ4n) is 3.19. The van der Waals surface area contributed by atoms with Gasteiger partial charge in [0.05, 0.1) is 5.75 Å². The summed E-state index contributed by atoms with van der Waals surface area (Å²) in [6.45, 7) is 4.48. The third-order valence-electron chi connectivity index (χ3n) is 4.42. The molecule has 2 fully saturated rings. The van der Waals surface area contributed by atoms with Crippen LogP contribution in [0.2, 0.25) is 0 Å². The summed E-state index contributed by atoms with van der Waals surface area (Å²) in [6, 6.07) is 8.28. The van der Waals surface area contributed by atoms with Gasteiger partial charge in [-0.25, -0.2) is 0 Å². The molecule has 2 heterocycles. The number of aryl methyl sites for hydroxylation is 1. The number of thioether (sulfide) groups is 1. The van der Waals surface area contributed by atoms with E-state index in [1.54, 1.807) is 11.8 Å². The molecule has 1 aromatic rings. The Kier molecular flexibility index (Phi) is 4.71. The first-order valence-electron chi connectivity index (χ1n) is 7.91. The molecule has 2 aliphatic heterocycles. The number of carbonyl (C=O) groups excluding carboxylic acids is 2.